The molecular weight excluding hydrogens is 271 g/mol. The van der Waals surface area contributed by atoms with Crippen molar-refractivity contribution < 1.29 is 14.0 Å². The lowest BCUT2D eigenvalue weighted by molar-refractivity contribution is -0.115. The molecule has 21 heavy (non-hydrogen) atoms. The first-order valence-electron chi connectivity index (χ1n) is 6.54. The van der Waals surface area contributed by atoms with E-state index in [0.717, 1.165) is 5.69 Å². The Morgan fingerprint density at radius 2 is 1.86 bits per heavy atom. The van der Waals surface area contributed by atoms with Crippen molar-refractivity contribution in [3.05, 3.63) is 53.8 Å². The maximum Gasteiger partial charge on any atom is 0.244 e. The molecule has 2 aromatic rings. The number of amides is 1. The molecule has 0 atom stereocenters. The van der Waals surface area contributed by atoms with Crippen LogP contribution in [0.4, 0.5) is 21.5 Å². The van der Waals surface area contributed by atoms with E-state index < -0.39 is 5.82 Å². The van der Waals surface area contributed by atoms with Crippen LogP contribution in [0.5, 0.6) is 0 Å². The van der Waals surface area contributed by atoms with Crippen molar-refractivity contribution in [1.29, 1.82) is 0 Å². The van der Waals surface area contributed by atoms with Crippen molar-refractivity contribution in [1.82, 2.24) is 0 Å². The summed E-state index contributed by atoms with van der Waals surface area (Å²) in [5.41, 5.74) is 1.80. The van der Waals surface area contributed by atoms with Gasteiger partial charge in [0.05, 0.1) is 22.6 Å². The predicted molar refractivity (Wildman–Crippen MR) is 78.5 cm³/mol. The maximum atomic E-state index is 14.0. The number of nitrogens with zero attached hydrogens (tertiary/aromatic N) is 1. The molecule has 3 rings (SSSR count). The van der Waals surface area contributed by atoms with Crippen molar-refractivity contribution >= 4 is 28.8 Å². The van der Waals surface area contributed by atoms with Crippen LogP contribution in [0, 0.1) is 5.82 Å². The summed E-state index contributed by atoms with van der Waals surface area (Å²) in [6.07, 6.45) is 0. The lowest BCUT2D eigenvalue weighted by Gasteiger charge is -2.32. The number of carbonyl (C=O) groups is 2. The molecule has 1 N–H and O–H groups in total. The van der Waals surface area contributed by atoms with Crippen LogP contribution < -0.4 is 10.2 Å². The monoisotopic (exact) mass is 284 g/mol. The Kier molecular flexibility index (Phi) is 3.17. The number of benzene rings is 2. The summed E-state index contributed by atoms with van der Waals surface area (Å²) in [5.74, 6) is -1.15. The summed E-state index contributed by atoms with van der Waals surface area (Å²) in [4.78, 5) is 25.3. The fraction of sp³-hybridized carbons (Fsp3) is 0.125. The van der Waals surface area contributed by atoms with Crippen LogP contribution in [0.25, 0.3) is 0 Å². The molecule has 0 radical (unpaired) electrons. The highest BCUT2D eigenvalue weighted by Gasteiger charge is 2.26. The first kappa shape index (κ1) is 13.3. The van der Waals surface area contributed by atoms with Crippen molar-refractivity contribution in [2.45, 2.75) is 6.92 Å². The summed E-state index contributed by atoms with van der Waals surface area (Å²) in [6, 6.07) is 11.7. The second-order valence-electron chi connectivity index (χ2n) is 4.84. The van der Waals surface area contributed by atoms with Gasteiger partial charge in [-0.15, -0.1) is 0 Å². The number of carbonyl (C=O) groups excluding carboxylic acids is 2. The number of nitrogens with one attached hydrogen (secondary N) is 1. The summed E-state index contributed by atoms with van der Waals surface area (Å²) in [6.45, 7) is 1.36. The highest BCUT2D eigenvalue weighted by molar-refractivity contribution is 6.07. The molecule has 0 unspecified atom stereocenters. The number of anilines is 3. The van der Waals surface area contributed by atoms with Gasteiger partial charge in [0.15, 0.2) is 5.78 Å². The first-order valence-corrected chi connectivity index (χ1v) is 6.54. The Bertz CT molecular complexity index is 743. The minimum atomic E-state index is -0.580. The van der Waals surface area contributed by atoms with E-state index in [1.54, 1.807) is 23.1 Å². The Balaban J connectivity index is 2.20. The second kappa shape index (κ2) is 5.01. The molecule has 1 aliphatic rings. The molecule has 0 bridgehead atoms. The quantitative estimate of drug-likeness (QED) is 0.862. The average Bonchev–Trinajstić information content (AvgIpc) is 2.45. The van der Waals surface area contributed by atoms with Gasteiger partial charge in [0, 0.05) is 0 Å². The standard InChI is InChI=1S/C16H13FN2O2/c1-10(20)16-11(17)5-4-8-14(16)19-9-15(21)18-12-6-2-3-7-13(12)19/h2-8H,9H2,1H3,(H,18,21). The molecule has 0 spiro atoms. The number of para-hydroxylation sites is 2. The van der Waals surface area contributed by atoms with Gasteiger partial charge >= 0.3 is 0 Å². The van der Waals surface area contributed by atoms with Gasteiger partial charge in [-0.05, 0) is 31.2 Å². The van der Waals surface area contributed by atoms with E-state index in [0.29, 0.717) is 11.4 Å². The van der Waals surface area contributed by atoms with Crippen LogP contribution in [0.15, 0.2) is 42.5 Å². The molecule has 2 aromatic carbocycles. The maximum absolute atomic E-state index is 14.0. The Labute approximate surface area is 121 Å². The smallest absolute Gasteiger partial charge is 0.244 e. The molecule has 1 heterocycles. The van der Waals surface area contributed by atoms with E-state index in [2.05, 4.69) is 5.32 Å². The predicted octanol–water partition coefficient (Wildman–Crippen LogP) is 3.12. The van der Waals surface area contributed by atoms with Gasteiger partial charge in [-0.2, -0.15) is 0 Å². The van der Waals surface area contributed by atoms with Crippen LogP contribution in [-0.4, -0.2) is 18.2 Å². The van der Waals surface area contributed by atoms with Gasteiger partial charge in [0.1, 0.15) is 12.4 Å². The second-order valence-corrected chi connectivity index (χ2v) is 4.84. The first-order chi connectivity index (χ1) is 10.1. The van der Waals surface area contributed by atoms with Gasteiger partial charge in [-0.3, -0.25) is 9.59 Å². The fourth-order valence-electron chi connectivity index (χ4n) is 2.53. The molecule has 0 aromatic heterocycles. The lowest BCUT2D eigenvalue weighted by Crippen LogP contribution is -2.35. The van der Waals surface area contributed by atoms with Gasteiger partial charge < -0.3 is 10.2 Å². The number of halogens is 1. The van der Waals surface area contributed by atoms with Crippen molar-refractivity contribution in [3.8, 4) is 0 Å². The van der Waals surface area contributed by atoms with E-state index >= 15 is 0 Å². The minimum Gasteiger partial charge on any atom is -0.330 e. The van der Waals surface area contributed by atoms with Gasteiger partial charge in [0.2, 0.25) is 5.91 Å². The van der Waals surface area contributed by atoms with Crippen molar-refractivity contribution in [3.63, 3.8) is 0 Å². The highest BCUT2D eigenvalue weighted by Crippen LogP contribution is 2.37. The average molecular weight is 284 g/mol. The summed E-state index contributed by atoms with van der Waals surface area (Å²) < 4.78 is 14.0. The summed E-state index contributed by atoms with van der Waals surface area (Å²) in [7, 11) is 0. The molecule has 1 aliphatic heterocycles. The topological polar surface area (TPSA) is 49.4 Å². The Hall–Kier alpha value is -2.69. The highest BCUT2D eigenvalue weighted by atomic mass is 19.1. The lowest BCUT2D eigenvalue weighted by atomic mass is 10.1. The third-order valence-corrected chi connectivity index (χ3v) is 3.41. The van der Waals surface area contributed by atoms with Crippen molar-refractivity contribution in [2.75, 3.05) is 16.8 Å². The van der Waals surface area contributed by atoms with Crippen LogP contribution in [-0.2, 0) is 4.79 Å². The molecule has 0 aliphatic carbocycles. The Morgan fingerprint density at radius 1 is 1.14 bits per heavy atom. The molecule has 4 nitrogen and oxygen atoms in total. The molecule has 0 saturated carbocycles. The minimum absolute atomic E-state index is 0.00185. The van der Waals surface area contributed by atoms with Gasteiger partial charge in [-0.1, -0.05) is 18.2 Å². The van der Waals surface area contributed by atoms with Crippen LogP contribution >= 0.6 is 0 Å². The number of Topliss-reactive ketones (excluding diaryl/α,β-unsaturated/α-hetero) is 1. The van der Waals surface area contributed by atoms with E-state index in [1.807, 2.05) is 12.1 Å². The van der Waals surface area contributed by atoms with E-state index in [-0.39, 0.29) is 23.8 Å². The van der Waals surface area contributed by atoms with Crippen LogP contribution in [0.2, 0.25) is 0 Å². The van der Waals surface area contributed by atoms with E-state index in [1.165, 1.54) is 19.1 Å². The zero-order chi connectivity index (χ0) is 15.0. The number of hydrogen-bond acceptors (Lipinski definition) is 3. The fourth-order valence-corrected chi connectivity index (χ4v) is 2.53. The normalized spacial score (nSPS) is 13.6. The largest absolute Gasteiger partial charge is 0.330 e. The Morgan fingerprint density at radius 3 is 2.62 bits per heavy atom. The van der Waals surface area contributed by atoms with Crippen molar-refractivity contribution in [2.24, 2.45) is 0 Å². The number of fused-ring (bicyclic) bond motifs is 1. The third-order valence-electron chi connectivity index (χ3n) is 3.41. The number of rotatable bonds is 2. The van der Waals surface area contributed by atoms with E-state index in [4.69, 9.17) is 0 Å². The molecule has 5 heteroatoms. The molecule has 0 saturated heterocycles. The zero-order valence-electron chi connectivity index (χ0n) is 11.4. The third kappa shape index (κ3) is 2.27. The molecular formula is C16H13FN2O2. The summed E-state index contributed by atoms with van der Waals surface area (Å²) in [5, 5.41) is 2.76. The zero-order valence-corrected chi connectivity index (χ0v) is 11.4. The van der Waals surface area contributed by atoms with Gasteiger partial charge in [0.25, 0.3) is 0 Å². The summed E-state index contributed by atoms with van der Waals surface area (Å²) >= 11 is 0. The van der Waals surface area contributed by atoms with Crippen LogP contribution in [0.3, 0.4) is 0 Å². The van der Waals surface area contributed by atoms with Crippen LogP contribution in [0.1, 0.15) is 17.3 Å². The van der Waals surface area contributed by atoms with E-state index in [9.17, 15) is 14.0 Å². The number of hydrogen-bond donors (Lipinski definition) is 1. The molecule has 1 amide bonds. The SMILES string of the molecule is CC(=O)c1c(F)cccc1N1CC(=O)Nc2ccccc21. The molecule has 0 fully saturated rings. The molecule has 106 valence electrons. The van der Waals surface area contributed by atoms with Gasteiger partial charge in [-0.25, -0.2) is 4.39 Å². The number of ketones is 1.